The second kappa shape index (κ2) is 7.56. The second-order valence-corrected chi connectivity index (χ2v) is 3.58. The first-order chi connectivity index (χ1) is 5.70. The Morgan fingerprint density at radius 1 is 1.25 bits per heavy atom. The Kier molecular flexibility index (Phi) is 7.51. The van der Waals surface area contributed by atoms with Crippen LogP contribution in [0.2, 0.25) is 0 Å². The molecule has 0 aromatic rings. The molecule has 1 N–H and O–H groups in total. The molecule has 0 aliphatic heterocycles. The smallest absolute Gasteiger partial charge is 0.0540 e. The van der Waals surface area contributed by atoms with Crippen LogP contribution in [0.3, 0.4) is 0 Å². The standard InChI is InChI=1S/C10H22O2/c1-4-5-10(11)7-6-9(2)8-12-3/h9-11H,4-8H2,1-3H3. The van der Waals surface area contributed by atoms with Crippen molar-refractivity contribution >= 4 is 0 Å². The maximum absolute atomic E-state index is 9.43. The first kappa shape index (κ1) is 11.9. The van der Waals surface area contributed by atoms with Crippen molar-refractivity contribution in [2.75, 3.05) is 13.7 Å². The third kappa shape index (κ3) is 6.62. The van der Waals surface area contributed by atoms with Crippen molar-refractivity contribution in [3.05, 3.63) is 0 Å². The maximum Gasteiger partial charge on any atom is 0.0540 e. The third-order valence-electron chi connectivity index (χ3n) is 2.07. The maximum atomic E-state index is 9.43. The van der Waals surface area contributed by atoms with Crippen LogP contribution in [0.4, 0.5) is 0 Å². The molecular formula is C10H22O2. The van der Waals surface area contributed by atoms with Crippen molar-refractivity contribution < 1.29 is 9.84 Å². The first-order valence-electron chi connectivity index (χ1n) is 4.87. The number of hydrogen-bond donors (Lipinski definition) is 1. The summed E-state index contributed by atoms with van der Waals surface area (Å²) in [6.45, 7) is 5.06. The molecule has 0 saturated carbocycles. The predicted molar refractivity (Wildman–Crippen MR) is 51.2 cm³/mol. The SMILES string of the molecule is CCCC(O)CCC(C)COC. The Balaban J connectivity index is 3.27. The van der Waals surface area contributed by atoms with E-state index in [0.717, 1.165) is 32.3 Å². The van der Waals surface area contributed by atoms with Gasteiger partial charge in [-0.2, -0.15) is 0 Å². The molecule has 0 aromatic carbocycles. The van der Waals surface area contributed by atoms with Crippen LogP contribution in [0.1, 0.15) is 39.5 Å². The van der Waals surface area contributed by atoms with Crippen LogP contribution in [0.25, 0.3) is 0 Å². The molecule has 12 heavy (non-hydrogen) atoms. The Morgan fingerprint density at radius 3 is 2.42 bits per heavy atom. The van der Waals surface area contributed by atoms with E-state index in [1.807, 2.05) is 0 Å². The van der Waals surface area contributed by atoms with Gasteiger partial charge in [-0.25, -0.2) is 0 Å². The zero-order chi connectivity index (χ0) is 9.40. The van der Waals surface area contributed by atoms with Gasteiger partial charge in [0.25, 0.3) is 0 Å². The normalized spacial score (nSPS) is 16.0. The Labute approximate surface area is 75.9 Å². The fraction of sp³-hybridized carbons (Fsp3) is 1.00. The minimum atomic E-state index is -0.102. The van der Waals surface area contributed by atoms with Gasteiger partial charge in [0.1, 0.15) is 0 Å². The summed E-state index contributed by atoms with van der Waals surface area (Å²) < 4.78 is 5.01. The molecule has 0 aliphatic carbocycles. The van der Waals surface area contributed by atoms with Gasteiger partial charge in [-0.15, -0.1) is 0 Å². The van der Waals surface area contributed by atoms with E-state index >= 15 is 0 Å². The molecule has 2 heteroatoms. The summed E-state index contributed by atoms with van der Waals surface area (Å²) in [5.74, 6) is 0.571. The second-order valence-electron chi connectivity index (χ2n) is 3.58. The number of ether oxygens (including phenoxy) is 1. The summed E-state index contributed by atoms with van der Waals surface area (Å²) in [4.78, 5) is 0. The first-order valence-corrected chi connectivity index (χ1v) is 4.87. The van der Waals surface area contributed by atoms with E-state index in [9.17, 15) is 5.11 Å². The zero-order valence-electron chi connectivity index (χ0n) is 8.55. The summed E-state index contributed by atoms with van der Waals surface area (Å²) in [7, 11) is 1.72. The molecule has 0 radical (unpaired) electrons. The van der Waals surface area contributed by atoms with Crippen LogP contribution in [0.5, 0.6) is 0 Å². The molecule has 0 amide bonds. The minimum Gasteiger partial charge on any atom is -0.393 e. The molecule has 0 aromatic heterocycles. The summed E-state index contributed by atoms with van der Waals surface area (Å²) in [6.07, 6.45) is 3.88. The molecule has 0 bridgehead atoms. The van der Waals surface area contributed by atoms with Gasteiger partial charge in [0.2, 0.25) is 0 Å². The highest BCUT2D eigenvalue weighted by Crippen LogP contribution is 2.11. The van der Waals surface area contributed by atoms with Crippen molar-refractivity contribution in [2.24, 2.45) is 5.92 Å². The van der Waals surface area contributed by atoms with Gasteiger partial charge in [0.05, 0.1) is 6.10 Å². The van der Waals surface area contributed by atoms with Crippen LogP contribution in [-0.4, -0.2) is 24.9 Å². The van der Waals surface area contributed by atoms with Crippen molar-refractivity contribution in [2.45, 2.75) is 45.6 Å². The highest BCUT2D eigenvalue weighted by atomic mass is 16.5. The highest BCUT2D eigenvalue weighted by Gasteiger charge is 2.06. The van der Waals surface area contributed by atoms with E-state index < -0.39 is 0 Å². The van der Waals surface area contributed by atoms with Gasteiger partial charge in [-0.05, 0) is 25.2 Å². The van der Waals surface area contributed by atoms with Crippen LogP contribution in [0.15, 0.2) is 0 Å². The number of aliphatic hydroxyl groups is 1. The molecule has 2 unspecified atom stereocenters. The van der Waals surface area contributed by atoms with Gasteiger partial charge in [-0.3, -0.25) is 0 Å². The Hall–Kier alpha value is -0.0800. The summed E-state index contributed by atoms with van der Waals surface area (Å²) in [5.41, 5.74) is 0. The molecule has 0 rings (SSSR count). The van der Waals surface area contributed by atoms with E-state index in [-0.39, 0.29) is 6.10 Å². The fourth-order valence-electron chi connectivity index (χ4n) is 1.32. The molecule has 0 spiro atoms. The van der Waals surface area contributed by atoms with E-state index in [0.29, 0.717) is 5.92 Å². The number of rotatable bonds is 7. The van der Waals surface area contributed by atoms with Gasteiger partial charge in [0.15, 0.2) is 0 Å². The lowest BCUT2D eigenvalue weighted by atomic mass is 10.0. The lowest BCUT2D eigenvalue weighted by molar-refractivity contribution is 0.120. The lowest BCUT2D eigenvalue weighted by Gasteiger charge is -2.13. The van der Waals surface area contributed by atoms with Crippen molar-refractivity contribution in [1.29, 1.82) is 0 Å². The Morgan fingerprint density at radius 2 is 1.92 bits per heavy atom. The van der Waals surface area contributed by atoms with E-state index in [1.165, 1.54) is 0 Å². The lowest BCUT2D eigenvalue weighted by Crippen LogP contribution is -2.10. The molecule has 2 nitrogen and oxygen atoms in total. The van der Waals surface area contributed by atoms with Gasteiger partial charge < -0.3 is 9.84 Å². The van der Waals surface area contributed by atoms with Crippen molar-refractivity contribution in [3.8, 4) is 0 Å². The average Bonchev–Trinajstić information content (AvgIpc) is 2.02. The largest absolute Gasteiger partial charge is 0.393 e. The summed E-state index contributed by atoms with van der Waals surface area (Å²) >= 11 is 0. The molecule has 2 atom stereocenters. The number of methoxy groups -OCH3 is 1. The van der Waals surface area contributed by atoms with Gasteiger partial charge >= 0.3 is 0 Å². The van der Waals surface area contributed by atoms with Gasteiger partial charge in [0, 0.05) is 13.7 Å². The summed E-state index contributed by atoms with van der Waals surface area (Å²) in [6, 6.07) is 0. The minimum absolute atomic E-state index is 0.102. The van der Waals surface area contributed by atoms with E-state index in [1.54, 1.807) is 7.11 Å². The van der Waals surface area contributed by atoms with Crippen LogP contribution in [0, 0.1) is 5.92 Å². The topological polar surface area (TPSA) is 29.5 Å². The average molecular weight is 174 g/mol. The fourth-order valence-corrected chi connectivity index (χ4v) is 1.32. The predicted octanol–water partition coefficient (Wildman–Crippen LogP) is 2.21. The van der Waals surface area contributed by atoms with Crippen molar-refractivity contribution in [1.82, 2.24) is 0 Å². The monoisotopic (exact) mass is 174 g/mol. The van der Waals surface area contributed by atoms with Gasteiger partial charge in [-0.1, -0.05) is 20.3 Å². The van der Waals surface area contributed by atoms with Crippen molar-refractivity contribution in [3.63, 3.8) is 0 Å². The molecule has 0 saturated heterocycles. The number of aliphatic hydroxyl groups excluding tert-OH is 1. The van der Waals surface area contributed by atoms with Crippen LogP contribution in [-0.2, 0) is 4.74 Å². The number of hydrogen-bond acceptors (Lipinski definition) is 2. The third-order valence-corrected chi connectivity index (χ3v) is 2.07. The molecule has 0 fully saturated rings. The zero-order valence-corrected chi connectivity index (χ0v) is 8.55. The molecule has 0 aliphatic rings. The molecule has 0 heterocycles. The molecular weight excluding hydrogens is 152 g/mol. The van der Waals surface area contributed by atoms with Crippen LogP contribution < -0.4 is 0 Å². The van der Waals surface area contributed by atoms with E-state index in [2.05, 4.69) is 13.8 Å². The molecule has 74 valence electrons. The quantitative estimate of drug-likeness (QED) is 0.641. The van der Waals surface area contributed by atoms with E-state index in [4.69, 9.17) is 4.74 Å². The summed E-state index contributed by atoms with van der Waals surface area (Å²) in [5, 5.41) is 9.43. The van der Waals surface area contributed by atoms with Crippen LogP contribution >= 0.6 is 0 Å². The Bertz CT molecular complexity index is 81.8. The highest BCUT2D eigenvalue weighted by molar-refractivity contribution is 4.58.